The van der Waals surface area contributed by atoms with E-state index in [1.165, 1.54) is 45.1 Å². The third kappa shape index (κ3) is 9.74. The van der Waals surface area contributed by atoms with Gasteiger partial charge in [0.15, 0.2) is 21.6 Å². The Balaban J connectivity index is 1.22. The highest BCUT2D eigenvalue weighted by Gasteiger charge is 2.55. The van der Waals surface area contributed by atoms with E-state index in [1.54, 1.807) is 20.8 Å². The van der Waals surface area contributed by atoms with Crippen molar-refractivity contribution in [3.8, 4) is 0 Å². The van der Waals surface area contributed by atoms with Crippen molar-refractivity contribution in [2.45, 2.75) is 61.2 Å². The second kappa shape index (κ2) is 17.1. The first-order valence-electron chi connectivity index (χ1n) is 16.7. The second-order valence-corrected chi connectivity index (χ2v) is 17.5. The van der Waals surface area contributed by atoms with Crippen LogP contribution in [0.5, 0.6) is 0 Å². The summed E-state index contributed by atoms with van der Waals surface area (Å²) in [6, 6.07) is 15.2. The molecule has 16 nitrogen and oxygen atoms in total. The first kappa shape index (κ1) is 39.5. The molecule has 0 radical (unpaired) electrons. The van der Waals surface area contributed by atoms with Gasteiger partial charge in [0.2, 0.25) is 5.91 Å². The Kier molecular flexibility index (Phi) is 12.3. The number of aryl methyl sites for hydroxylation is 1. The van der Waals surface area contributed by atoms with E-state index in [2.05, 4.69) is 36.7 Å². The van der Waals surface area contributed by atoms with Crippen molar-refractivity contribution in [3.63, 3.8) is 0 Å². The number of nitrogen functional groups attached to an aromatic ring is 1. The summed E-state index contributed by atoms with van der Waals surface area (Å²) >= 11 is 5.24. The van der Waals surface area contributed by atoms with Gasteiger partial charge in [-0.25, -0.2) is 30.2 Å². The summed E-state index contributed by atoms with van der Waals surface area (Å²) in [6.45, 7) is 6.81. The maximum atomic E-state index is 14.3. The smallest absolute Gasteiger partial charge is 0.426 e. The number of carbonyl (C=O) groups is 5. The zero-order valence-electron chi connectivity index (χ0n) is 29.9. The normalized spacial score (nSPS) is 17.1. The minimum atomic E-state index is -1.41. The van der Waals surface area contributed by atoms with E-state index < -0.39 is 59.1 Å². The number of hydrogen-bond acceptors (Lipinski definition) is 15. The number of benzene rings is 2. The lowest BCUT2D eigenvalue weighted by Crippen LogP contribution is -2.71. The third-order valence-electron chi connectivity index (χ3n) is 7.90. The summed E-state index contributed by atoms with van der Waals surface area (Å²) < 4.78 is 12.1. The zero-order chi connectivity index (χ0) is 39.3. The molecule has 2 unspecified atom stereocenters. The van der Waals surface area contributed by atoms with Gasteiger partial charge in [0.25, 0.3) is 5.91 Å². The molecule has 20 heteroatoms. The average molecular weight is 824 g/mol. The van der Waals surface area contributed by atoms with Crippen molar-refractivity contribution in [2.75, 3.05) is 17.2 Å². The number of fused-ring (bicyclic) bond motifs is 1. The maximum Gasteiger partial charge on any atom is 0.426 e. The quantitative estimate of drug-likeness (QED) is 0.0612. The fraction of sp³-hybridized carbons (Fsp3) is 0.314. The van der Waals surface area contributed by atoms with Crippen LogP contribution < -0.4 is 27.2 Å². The molecule has 1 saturated heterocycles. The number of hydrogen-bond donors (Lipinski definition) is 5. The van der Waals surface area contributed by atoms with Crippen molar-refractivity contribution in [1.29, 1.82) is 0 Å². The van der Waals surface area contributed by atoms with E-state index in [4.69, 9.17) is 15.2 Å². The standard InChI is InChI=1S/C35H37N9O7S4/c1-18-40-43-34(55-18)54-16-21-15-52-29-24(38-27(45)23(22-17-53-31(36)37-22)39-32(48)41-42-33(49)51-35(2,3)4)28(46)44(29)25(21)30(47)50-26(19-11-7-5-8-12-19)20-13-9-6-10-14-20/h5-14,17,23-24,26,29H,15-16H2,1-4H3,(H2,36,37)(H,38,45)(H,42,49)(H2,39,41,48)/t23?,24?,29-/m0/s1. The van der Waals surface area contributed by atoms with Crippen molar-refractivity contribution in [2.24, 2.45) is 0 Å². The molecule has 5 amide bonds. The zero-order valence-corrected chi connectivity index (χ0v) is 33.2. The second-order valence-electron chi connectivity index (χ2n) is 13.1. The molecular weight excluding hydrogens is 787 g/mol. The van der Waals surface area contributed by atoms with E-state index >= 15 is 0 Å². The number of urea groups is 1. The van der Waals surface area contributed by atoms with Crippen molar-refractivity contribution in [3.05, 3.63) is 99.1 Å². The van der Waals surface area contributed by atoms with Crippen LogP contribution >= 0.6 is 46.2 Å². The Morgan fingerprint density at radius 1 is 1.02 bits per heavy atom. The lowest BCUT2D eigenvalue weighted by Gasteiger charge is -2.50. The molecule has 0 spiro atoms. The molecule has 2 aliphatic rings. The number of thiazole rings is 1. The summed E-state index contributed by atoms with van der Waals surface area (Å²) in [5.41, 5.74) is 11.6. The fourth-order valence-corrected chi connectivity index (χ4v) is 9.43. The molecule has 4 aromatic rings. The maximum absolute atomic E-state index is 14.3. The van der Waals surface area contributed by atoms with Crippen LogP contribution in [-0.4, -0.2) is 78.5 Å². The summed E-state index contributed by atoms with van der Waals surface area (Å²) in [5.74, 6) is -1.33. The van der Waals surface area contributed by atoms with E-state index in [9.17, 15) is 24.0 Å². The van der Waals surface area contributed by atoms with Crippen LogP contribution in [0.4, 0.5) is 14.7 Å². The Bertz CT molecular complexity index is 2050. The molecule has 0 aliphatic carbocycles. The minimum absolute atomic E-state index is 0.0967. The van der Waals surface area contributed by atoms with E-state index in [0.29, 0.717) is 21.4 Å². The molecule has 0 bridgehead atoms. The monoisotopic (exact) mass is 823 g/mol. The highest BCUT2D eigenvalue weighted by Crippen LogP contribution is 2.43. The number of esters is 1. The number of anilines is 1. The minimum Gasteiger partial charge on any atom is -0.448 e. The molecule has 2 aromatic carbocycles. The van der Waals surface area contributed by atoms with Gasteiger partial charge >= 0.3 is 18.1 Å². The summed E-state index contributed by atoms with van der Waals surface area (Å²) in [7, 11) is 0. The van der Waals surface area contributed by atoms with Crippen molar-refractivity contribution >= 4 is 81.2 Å². The Morgan fingerprint density at radius 3 is 2.27 bits per heavy atom. The molecule has 6 N–H and O–H groups in total. The van der Waals surface area contributed by atoms with Gasteiger partial charge in [0, 0.05) is 16.9 Å². The summed E-state index contributed by atoms with van der Waals surface area (Å²) in [6.07, 6.45) is -1.69. The third-order valence-corrected chi connectivity index (χ3v) is 12.0. The van der Waals surface area contributed by atoms with Gasteiger partial charge in [-0.2, -0.15) is 0 Å². The molecule has 0 saturated carbocycles. The molecule has 55 heavy (non-hydrogen) atoms. The van der Waals surface area contributed by atoms with Gasteiger partial charge in [0.05, 0.1) is 5.69 Å². The first-order chi connectivity index (χ1) is 26.3. The first-order valence-corrected chi connectivity index (χ1v) is 20.5. The van der Waals surface area contributed by atoms with Gasteiger partial charge in [0.1, 0.15) is 27.7 Å². The summed E-state index contributed by atoms with van der Waals surface area (Å²) in [5, 5.41) is 15.2. The fourth-order valence-electron chi connectivity index (χ4n) is 5.54. The number of nitrogens with two attached hydrogens (primary N) is 1. The SMILES string of the molecule is Cc1nnc(SCC2=C(C(=O)OC(c3ccccc3)c3ccccc3)N3C(=O)C(NC(=O)C(NC(=O)NNC(=O)OC(C)(C)C)c4csc(N)n4)[C@@H]3SC2)s1. The Hall–Kier alpha value is -5.18. The van der Waals surface area contributed by atoms with Gasteiger partial charge < -0.3 is 25.8 Å². The van der Waals surface area contributed by atoms with Crippen LogP contribution in [0, 0.1) is 6.92 Å². The van der Waals surface area contributed by atoms with Crippen molar-refractivity contribution < 1.29 is 33.4 Å². The summed E-state index contributed by atoms with van der Waals surface area (Å²) in [4.78, 5) is 72.5. The molecular formula is C35H37N9O7S4. The predicted octanol–water partition coefficient (Wildman–Crippen LogP) is 4.44. The highest BCUT2D eigenvalue weighted by molar-refractivity contribution is 8.01. The lowest BCUT2D eigenvalue weighted by atomic mass is 10.0. The molecule has 288 valence electrons. The van der Waals surface area contributed by atoms with Gasteiger partial charge in [-0.05, 0) is 44.4 Å². The van der Waals surface area contributed by atoms with Crippen LogP contribution in [0.15, 0.2) is 81.7 Å². The number of carbonyl (C=O) groups excluding carboxylic acids is 5. The molecule has 1 fully saturated rings. The lowest BCUT2D eigenvalue weighted by molar-refractivity contribution is -0.154. The Labute approximate surface area is 332 Å². The number of amides is 5. The number of ether oxygens (including phenoxy) is 2. The molecule has 3 atom stereocenters. The van der Waals surface area contributed by atoms with Crippen LogP contribution in [-0.2, 0) is 23.9 Å². The Morgan fingerprint density at radius 2 is 1.69 bits per heavy atom. The average Bonchev–Trinajstić information content (AvgIpc) is 3.79. The number of rotatable bonds is 11. The van der Waals surface area contributed by atoms with Crippen molar-refractivity contribution in [1.82, 2.24) is 41.6 Å². The predicted molar refractivity (Wildman–Crippen MR) is 209 cm³/mol. The van der Waals surface area contributed by atoms with Crippen LogP contribution in [0.2, 0.25) is 0 Å². The molecule has 2 aromatic heterocycles. The van der Waals surface area contributed by atoms with Crippen LogP contribution in [0.1, 0.15) is 54.7 Å². The number of thioether (sulfide) groups is 2. The number of nitrogens with zero attached hydrogens (tertiary/aromatic N) is 4. The number of β-lactam (4-membered cyclic amide) rings is 1. The number of nitrogens with one attached hydrogen (secondary N) is 4. The highest BCUT2D eigenvalue weighted by atomic mass is 32.2. The molecule has 2 aliphatic heterocycles. The van der Waals surface area contributed by atoms with Crippen LogP contribution in [0.3, 0.4) is 0 Å². The topological polar surface area (TPSA) is 220 Å². The molecule has 4 heterocycles. The van der Waals surface area contributed by atoms with Crippen LogP contribution in [0.25, 0.3) is 0 Å². The number of aromatic nitrogens is 3. The van der Waals surface area contributed by atoms with Gasteiger partial charge in [-0.3, -0.25) is 14.5 Å². The van der Waals surface area contributed by atoms with E-state index in [0.717, 1.165) is 27.5 Å². The number of hydrazine groups is 1. The van der Waals surface area contributed by atoms with E-state index in [1.807, 2.05) is 67.6 Å². The van der Waals surface area contributed by atoms with E-state index in [-0.39, 0.29) is 16.5 Å². The largest absolute Gasteiger partial charge is 0.448 e. The molecule has 6 rings (SSSR count). The van der Waals surface area contributed by atoms with Gasteiger partial charge in [-0.1, -0.05) is 83.8 Å². The van der Waals surface area contributed by atoms with Gasteiger partial charge in [-0.15, -0.1) is 33.3 Å².